The largest absolute Gasteiger partial charge is 0.363 e. The lowest BCUT2D eigenvalue weighted by Crippen LogP contribution is -2.52. The van der Waals surface area contributed by atoms with Crippen molar-refractivity contribution in [2.24, 2.45) is 0 Å². The first kappa shape index (κ1) is 15.9. The number of carbonyl (C=O) groups is 1. The molecule has 5 nitrogen and oxygen atoms in total. The van der Waals surface area contributed by atoms with E-state index < -0.39 is 0 Å². The van der Waals surface area contributed by atoms with Crippen LogP contribution >= 0.6 is 11.3 Å². The number of amides is 1. The standard InChI is InChI=1S/C17H22N4OS/c1-11-5-6-12-9-17(2,3)21(10-13(12)7-11)15(22)8-14-19-20-16(18-4)23-14/h5-7H,8-10H2,1-4H3,(H,18,20). The van der Waals surface area contributed by atoms with Crippen LogP contribution in [0.4, 0.5) is 5.13 Å². The fourth-order valence-corrected chi connectivity index (χ4v) is 3.78. The SMILES string of the molecule is CNc1nnc(CC(=O)N2Cc3cc(C)ccc3CC2(C)C)s1. The summed E-state index contributed by atoms with van der Waals surface area (Å²) in [6.45, 7) is 7.02. The molecule has 0 fully saturated rings. The van der Waals surface area contributed by atoms with Gasteiger partial charge in [0.1, 0.15) is 5.01 Å². The van der Waals surface area contributed by atoms with Gasteiger partial charge >= 0.3 is 0 Å². The van der Waals surface area contributed by atoms with E-state index in [1.54, 1.807) is 7.05 Å². The maximum absolute atomic E-state index is 12.8. The molecule has 0 atom stereocenters. The first-order valence-corrected chi connectivity index (χ1v) is 8.60. The molecule has 0 aliphatic carbocycles. The number of nitrogens with zero attached hydrogens (tertiary/aromatic N) is 3. The van der Waals surface area contributed by atoms with E-state index in [-0.39, 0.29) is 11.4 Å². The van der Waals surface area contributed by atoms with Crippen LogP contribution in [-0.2, 0) is 24.2 Å². The van der Waals surface area contributed by atoms with Crippen molar-refractivity contribution in [1.82, 2.24) is 15.1 Å². The van der Waals surface area contributed by atoms with Crippen molar-refractivity contribution < 1.29 is 4.79 Å². The van der Waals surface area contributed by atoms with Crippen molar-refractivity contribution in [3.05, 3.63) is 39.9 Å². The second-order valence-corrected chi connectivity index (χ2v) is 7.73. The highest BCUT2D eigenvalue weighted by Crippen LogP contribution is 2.32. The van der Waals surface area contributed by atoms with Crippen molar-refractivity contribution in [3.63, 3.8) is 0 Å². The van der Waals surface area contributed by atoms with Crippen LogP contribution < -0.4 is 5.32 Å². The highest BCUT2D eigenvalue weighted by molar-refractivity contribution is 7.15. The summed E-state index contributed by atoms with van der Waals surface area (Å²) in [5.74, 6) is 0.112. The molecule has 1 aromatic carbocycles. The fraction of sp³-hybridized carbons (Fsp3) is 0.471. The molecule has 2 heterocycles. The van der Waals surface area contributed by atoms with Crippen LogP contribution in [0.25, 0.3) is 0 Å². The van der Waals surface area contributed by atoms with Gasteiger partial charge < -0.3 is 10.2 Å². The van der Waals surface area contributed by atoms with Gasteiger partial charge in [-0.15, -0.1) is 10.2 Å². The molecule has 1 amide bonds. The monoisotopic (exact) mass is 330 g/mol. The Balaban J connectivity index is 1.81. The van der Waals surface area contributed by atoms with Gasteiger partial charge in [0.25, 0.3) is 0 Å². The third kappa shape index (κ3) is 3.22. The molecule has 0 unspecified atom stereocenters. The lowest BCUT2D eigenvalue weighted by Gasteiger charge is -2.43. The van der Waals surface area contributed by atoms with Crippen molar-refractivity contribution >= 4 is 22.4 Å². The molecule has 1 aliphatic heterocycles. The lowest BCUT2D eigenvalue weighted by atomic mass is 9.84. The predicted octanol–water partition coefficient (Wildman–Crippen LogP) is 2.79. The number of hydrogen-bond acceptors (Lipinski definition) is 5. The summed E-state index contributed by atoms with van der Waals surface area (Å²) in [7, 11) is 1.80. The Kier molecular flexibility index (Phi) is 4.10. The van der Waals surface area contributed by atoms with Gasteiger partial charge in [-0.05, 0) is 38.3 Å². The van der Waals surface area contributed by atoms with Gasteiger partial charge in [-0.1, -0.05) is 35.1 Å². The summed E-state index contributed by atoms with van der Waals surface area (Å²) in [4.78, 5) is 14.8. The Morgan fingerprint density at radius 3 is 2.83 bits per heavy atom. The molecule has 2 aromatic rings. The van der Waals surface area contributed by atoms with E-state index in [0.717, 1.165) is 16.6 Å². The molecule has 23 heavy (non-hydrogen) atoms. The third-order valence-corrected chi connectivity index (χ3v) is 5.27. The highest BCUT2D eigenvalue weighted by atomic mass is 32.1. The summed E-state index contributed by atoms with van der Waals surface area (Å²) >= 11 is 1.43. The zero-order valence-corrected chi connectivity index (χ0v) is 14.8. The number of fused-ring (bicyclic) bond motifs is 1. The topological polar surface area (TPSA) is 58.1 Å². The summed E-state index contributed by atoms with van der Waals surface area (Å²) in [6, 6.07) is 6.53. The number of hydrogen-bond donors (Lipinski definition) is 1. The van der Waals surface area contributed by atoms with Gasteiger partial charge in [0.15, 0.2) is 0 Å². The number of rotatable bonds is 3. The Bertz CT molecular complexity index is 738. The Morgan fingerprint density at radius 2 is 2.13 bits per heavy atom. The van der Waals surface area contributed by atoms with E-state index >= 15 is 0 Å². The zero-order valence-electron chi connectivity index (χ0n) is 14.0. The second-order valence-electron chi connectivity index (χ2n) is 6.67. The van der Waals surface area contributed by atoms with Gasteiger partial charge in [0.2, 0.25) is 11.0 Å². The number of aryl methyl sites for hydroxylation is 1. The summed E-state index contributed by atoms with van der Waals surface area (Å²) in [5, 5.41) is 12.5. The highest BCUT2D eigenvalue weighted by Gasteiger charge is 2.36. The van der Waals surface area contributed by atoms with Crippen molar-refractivity contribution in [3.8, 4) is 0 Å². The molecule has 0 spiro atoms. The van der Waals surface area contributed by atoms with E-state index in [1.807, 2.05) is 4.90 Å². The van der Waals surface area contributed by atoms with Gasteiger partial charge in [-0.25, -0.2) is 0 Å². The minimum absolute atomic E-state index is 0.112. The molecule has 122 valence electrons. The van der Waals surface area contributed by atoms with E-state index in [0.29, 0.717) is 13.0 Å². The summed E-state index contributed by atoms with van der Waals surface area (Å²) in [6.07, 6.45) is 1.19. The Morgan fingerprint density at radius 1 is 1.35 bits per heavy atom. The first-order chi connectivity index (χ1) is 10.9. The average Bonchev–Trinajstić information content (AvgIpc) is 2.94. The fourth-order valence-electron chi connectivity index (χ4n) is 3.10. The van der Waals surface area contributed by atoms with E-state index in [2.05, 4.69) is 54.5 Å². The number of benzene rings is 1. The van der Waals surface area contributed by atoms with Gasteiger partial charge in [-0.2, -0.15) is 0 Å². The van der Waals surface area contributed by atoms with Crippen LogP contribution in [0.5, 0.6) is 0 Å². The number of aromatic nitrogens is 2. The predicted molar refractivity (Wildman–Crippen MR) is 92.7 cm³/mol. The van der Waals surface area contributed by atoms with Crippen LogP contribution in [0, 0.1) is 6.92 Å². The summed E-state index contributed by atoms with van der Waals surface area (Å²) in [5.41, 5.74) is 3.65. The number of carbonyl (C=O) groups excluding carboxylic acids is 1. The summed E-state index contributed by atoms with van der Waals surface area (Å²) < 4.78 is 0. The molecular formula is C17H22N4OS. The van der Waals surface area contributed by atoms with Gasteiger partial charge in [0, 0.05) is 19.1 Å². The minimum Gasteiger partial charge on any atom is -0.363 e. The zero-order chi connectivity index (χ0) is 16.6. The Hall–Kier alpha value is -1.95. The van der Waals surface area contributed by atoms with Crippen LogP contribution in [0.1, 0.15) is 35.5 Å². The molecular weight excluding hydrogens is 308 g/mol. The van der Waals surface area contributed by atoms with Crippen molar-refractivity contribution in [2.45, 2.75) is 45.7 Å². The Labute approximate surface area is 140 Å². The maximum atomic E-state index is 12.8. The van der Waals surface area contributed by atoms with Crippen LogP contribution in [0.15, 0.2) is 18.2 Å². The minimum atomic E-state index is -0.185. The third-order valence-electron chi connectivity index (χ3n) is 4.33. The lowest BCUT2D eigenvalue weighted by molar-refractivity contribution is -0.137. The molecule has 1 aliphatic rings. The molecule has 6 heteroatoms. The molecule has 0 bridgehead atoms. The van der Waals surface area contributed by atoms with Gasteiger partial charge in [0.05, 0.1) is 6.42 Å². The van der Waals surface area contributed by atoms with E-state index in [4.69, 9.17) is 0 Å². The van der Waals surface area contributed by atoms with Crippen molar-refractivity contribution in [2.75, 3.05) is 12.4 Å². The van der Waals surface area contributed by atoms with E-state index in [1.165, 1.54) is 28.0 Å². The molecule has 3 rings (SSSR count). The molecule has 0 saturated carbocycles. The normalized spacial score (nSPS) is 16.1. The van der Waals surface area contributed by atoms with Crippen LogP contribution in [-0.4, -0.2) is 33.6 Å². The molecule has 0 saturated heterocycles. The smallest absolute Gasteiger partial charge is 0.230 e. The van der Waals surface area contributed by atoms with Crippen molar-refractivity contribution in [1.29, 1.82) is 0 Å². The second kappa shape index (κ2) is 5.92. The molecule has 0 radical (unpaired) electrons. The molecule has 1 aromatic heterocycles. The average molecular weight is 330 g/mol. The van der Waals surface area contributed by atoms with Crippen LogP contribution in [0.3, 0.4) is 0 Å². The number of anilines is 1. The first-order valence-electron chi connectivity index (χ1n) is 7.78. The number of nitrogens with one attached hydrogen (secondary N) is 1. The van der Waals surface area contributed by atoms with Crippen LogP contribution in [0.2, 0.25) is 0 Å². The quantitative estimate of drug-likeness (QED) is 0.940. The van der Waals surface area contributed by atoms with E-state index in [9.17, 15) is 4.79 Å². The van der Waals surface area contributed by atoms with Gasteiger partial charge in [-0.3, -0.25) is 4.79 Å². The molecule has 1 N–H and O–H groups in total. The maximum Gasteiger partial charge on any atom is 0.230 e.